The summed E-state index contributed by atoms with van der Waals surface area (Å²) in [7, 11) is 3.62. The molecule has 2 amide bonds. The van der Waals surface area contributed by atoms with Gasteiger partial charge in [-0.3, -0.25) is 14.6 Å². The van der Waals surface area contributed by atoms with Crippen LogP contribution in [-0.2, 0) is 17.9 Å². The van der Waals surface area contributed by atoms with Gasteiger partial charge in [0.1, 0.15) is 11.9 Å². The van der Waals surface area contributed by atoms with Gasteiger partial charge in [0, 0.05) is 37.6 Å². The molecule has 8 heteroatoms. The number of nitrogens with zero attached hydrogens (tertiary/aromatic N) is 4. The van der Waals surface area contributed by atoms with Crippen LogP contribution in [0.3, 0.4) is 0 Å². The van der Waals surface area contributed by atoms with E-state index in [2.05, 4.69) is 25.1 Å². The Morgan fingerprint density at radius 2 is 1.97 bits per heavy atom. The summed E-state index contributed by atoms with van der Waals surface area (Å²) in [6.45, 7) is 10.1. The Bertz CT molecular complexity index is 944. The molecule has 0 radical (unpaired) electrons. The second-order valence-corrected chi connectivity index (χ2v) is 9.00. The molecule has 0 aromatic carbocycles. The number of likely N-dealkylation sites (N-methyl/N-ethyl adjacent to an activating group) is 1. The van der Waals surface area contributed by atoms with E-state index < -0.39 is 11.5 Å². The number of aryl methyl sites for hydroxylation is 1. The van der Waals surface area contributed by atoms with Gasteiger partial charge in [-0.2, -0.15) is 0 Å². The van der Waals surface area contributed by atoms with Crippen molar-refractivity contribution in [3.63, 3.8) is 0 Å². The van der Waals surface area contributed by atoms with Gasteiger partial charge >= 0.3 is 0 Å². The first-order chi connectivity index (χ1) is 14.1. The van der Waals surface area contributed by atoms with Gasteiger partial charge in [0.15, 0.2) is 5.69 Å². The summed E-state index contributed by atoms with van der Waals surface area (Å²) in [6, 6.07) is 3.20. The van der Waals surface area contributed by atoms with Crippen molar-refractivity contribution in [3.8, 4) is 11.4 Å². The fourth-order valence-electron chi connectivity index (χ4n) is 3.85. The van der Waals surface area contributed by atoms with Crippen LogP contribution >= 0.6 is 0 Å². The Hall–Kier alpha value is -2.74. The van der Waals surface area contributed by atoms with Crippen LogP contribution in [0.1, 0.15) is 49.1 Å². The summed E-state index contributed by atoms with van der Waals surface area (Å²) in [5, 5.41) is 5.58. The first-order valence-corrected chi connectivity index (χ1v) is 10.4. The fourth-order valence-corrected chi connectivity index (χ4v) is 3.85. The first kappa shape index (κ1) is 22.0. The number of imidazole rings is 1. The molecule has 1 aliphatic heterocycles. The predicted molar refractivity (Wildman–Crippen MR) is 116 cm³/mol. The van der Waals surface area contributed by atoms with E-state index in [1.54, 1.807) is 13.2 Å². The summed E-state index contributed by atoms with van der Waals surface area (Å²) in [5.74, 6) is 0.204. The number of hydrogen-bond acceptors (Lipinski definition) is 5. The lowest BCUT2D eigenvalue weighted by Crippen LogP contribution is -2.53. The van der Waals surface area contributed by atoms with Gasteiger partial charge in [-0.05, 0) is 44.5 Å². The largest absolute Gasteiger partial charge is 0.357 e. The van der Waals surface area contributed by atoms with E-state index in [0.717, 1.165) is 42.3 Å². The van der Waals surface area contributed by atoms with Crippen molar-refractivity contribution in [1.82, 2.24) is 30.1 Å². The lowest BCUT2D eigenvalue weighted by atomic mass is 9.86. The molecule has 0 saturated carbocycles. The van der Waals surface area contributed by atoms with Crippen LogP contribution < -0.4 is 10.6 Å². The van der Waals surface area contributed by atoms with Crippen molar-refractivity contribution in [3.05, 3.63) is 35.4 Å². The highest BCUT2D eigenvalue weighted by Crippen LogP contribution is 2.28. The number of carbonyl (C=O) groups is 2. The molecule has 0 fully saturated rings. The van der Waals surface area contributed by atoms with Crippen LogP contribution in [0.5, 0.6) is 0 Å². The Morgan fingerprint density at radius 3 is 2.60 bits per heavy atom. The highest BCUT2D eigenvalue weighted by atomic mass is 16.2. The predicted octanol–water partition coefficient (Wildman–Crippen LogP) is 1.98. The summed E-state index contributed by atoms with van der Waals surface area (Å²) in [6.07, 6.45) is 2.72. The third-order valence-corrected chi connectivity index (χ3v) is 5.53. The van der Waals surface area contributed by atoms with Crippen LogP contribution in [0.25, 0.3) is 11.4 Å². The summed E-state index contributed by atoms with van der Waals surface area (Å²) >= 11 is 0. The van der Waals surface area contributed by atoms with E-state index >= 15 is 0 Å². The first-order valence-electron chi connectivity index (χ1n) is 10.4. The highest BCUT2D eigenvalue weighted by molar-refractivity contribution is 5.97. The van der Waals surface area contributed by atoms with E-state index in [1.807, 2.05) is 46.9 Å². The smallest absolute Gasteiger partial charge is 0.272 e. The maximum Gasteiger partial charge on any atom is 0.272 e. The SMILES string of the molecule is CNC(=O)[C@@H](NC(=O)c1nc(-c2cccnc2C)n2c1CN(C)CCC2)C(C)(C)C. The van der Waals surface area contributed by atoms with Crippen molar-refractivity contribution in [2.24, 2.45) is 5.41 Å². The molecule has 2 N–H and O–H groups in total. The summed E-state index contributed by atoms with van der Waals surface area (Å²) in [5.41, 5.74) is 2.59. The minimum Gasteiger partial charge on any atom is -0.357 e. The van der Waals surface area contributed by atoms with Gasteiger partial charge in [-0.1, -0.05) is 20.8 Å². The van der Waals surface area contributed by atoms with Gasteiger partial charge in [-0.15, -0.1) is 0 Å². The number of carbonyl (C=O) groups excluding carboxylic acids is 2. The Labute approximate surface area is 178 Å². The maximum absolute atomic E-state index is 13.3. The van der Waals surface area contributed by atoms with Crippen molar-refractivity contribution in [2.45, 2.75) is 53.2 Å². The molecular weight excluding hydrogens is 380 g/mol. The number of aromatic nitrogens is 3. The standard InChI is InChI=1S/C22H32N6O2/c1-14-15(9-7-10-24-14)19-25-17(16-13-27(6)11-8-12-28(16)19)20(29)26-18(21(30)23-5)22(2,3)4/h7,9-10,18H,8,11-13H2,1-6H3,(H,23,30)(H,26,29)/t18-/m1/s1. The van der Waals surface area contributed by atoms with E-state index in [-0.39, 0.29) is 11.8 Å². The Kier molecular flexibility index (Phi) is 6.26. The highest BCUT2D eigenvalue weighted by Gasteiger charge is 2.34. The molecule has 3 heterocycles. The van der Waals surface area contributed by atoms with E-state index in [1.165, 1.54) is 0 Å². The number of rotatable bonds is 4. The van der Waals surface area contributed by atoms with Crippen molar-refractivity contribution in [2.75, 3.05) is 20.6 Å². The summed E-state index contributed by atoms with van der Waals surface area (Å²) in [4.78, 5) is 37.1. The molecule has 1 atom stereocenters. The monoisotopic (exact) mass is 412 g/mol. The van der Waals surface area contributed by atoms with Gasteiger partial charge < -0.3 is 20.1 Å². The average Bonchev–Trinajstić information content (AvgIpc) is 2.91. The minimum atomic E-state index is -0.667. The molecule has 2 aromatic heterocycles. The Balaban J connectivity index is 2.07. The molecule has 0 spiro atoms. The van der Waals surface area contributed by atoms with Gasteiger partial charge in [0.05, 0.1) is 5.69 Å². The van der Waals surface area contributed by atoms with Crippen molar-refractivity contribution < 1.29 is 9.59 Å². The van der Waals surface area contributed by atoms with Crippen LogP contribution in [0, 0.1) is 12.3 Å². The lowest BCUT2D eigenvalue weighted by molar-refractivity contribution is -0.124. The number of pyridine rings is 1. The molecule has 0 bridgehead atoms. The van der Waals surface area contributed by atoms with E-state index in [0.29, 0.717) is 12.2 Å². The van der Waals surface area contributed by atoms with Crippen LogP contribution in [0.2, 0.25) is 0 Å². The molecule has 1 aliphatic rings. The lowest BCUT2D eigenvalue weighted by Gasteiger charge is -2.29. The second-order valence-electron chi connectivity index (χ2n) is 9.00. The summed E-state index contributed by atoms with van der Waals surface area (Å²) < 4.78 is 2.13. The number of hydrogen-bond donors (Lipinski definition) is 2. The molecule has 3 rings (SSSR count). The normalized spacial score (nSPS) is 15.8. The van der Waals surface area contributed by atoms with Gasteiger partial charge in [0.25, 0.3) is 5.91 Å². The van der Waals surface area contributed by atoms with Gasteiger partial charge in [-0.25, -0.2) is 4.98 Å². The van der Waals surface area contributed by atoms with Crippen LogP contribution in [0.4, 0.5) is 0 Å². The Morgan fingerprint density at radius 1 is 1.23 bits per heavy atom. The van der Waals surface area contributed by atoms with Crippen LogP contribution in [0.15, 0.2) is 18.3 Å². The van der Waals surface area contributed by atoms with Crippen molar-refractivity contribution >= 4 is 11.8 Å². The molecular formula is C22H32N6O2. The molecule has 2 aromatic rings. The van der Waals surface area contributed by atoms with Gasteiger partial charge in [0.2, 0.25) is 5.91 Å². The maximum atomic E-state index is 13.3. The molecule has 8 nitrogen and oxygen atoms in total. The molecule has 0 aliphatic carbocycles. The molecule has 162 valence electrons. The van der Waals surface area contributed by atoms with E-state index in [9.17, 15) is 9.59 Å². The zero-order chi connectivity index (χ0) is 22.1. The van der Waals surface area contributed by atoms with Crippen molar-refractivity contribution in [1.29, 1.82) is 0 Å². The quantitative estimate of drug-likeness (QED) is 0.801. The third kappa shape index (κ3) is 4.38. The zero-order valence-electron chi connectivity index (χ0n) is 18.7. The molecule has 0 unspecified atom stereocenters. The van der Waals surface area contributed by atoms with Crippen LogP contribution in [-0.4, -0.2) is 57.9 Å². The fraction of sp³-hybridized carbons (Fsp3) is 0.545. The molecule has 30 heavy (non-hydrogen) atoms. The molecule has 0 saturated heterocycles. The number of fused-ring (bicyclic) bond motifs is 1. The topological polar surface area (TPSA) is 92.1 Å². The minimum absolute atomic E-state index is 0.221. The second kappa shape index (κ2) is 8.55. The van der Waals surface area contributed by atoms with E-state index in [4.69, 9.17) is 4.98 Å². The number of nitrogens with one attached hydrogen (secondary N) is 2. The number of amides is 2. The third-order valence-electron chi connectivity index (χ3n) is 5.53. The average molecular weight is 413 g/mol. The zero-order valence-corrected chi connectivity index (χ0v) is 18.7.